The largest absolute Gasteiger partial charge is 0.198 e. The lowest BCUT2D eigenvalue weighted by molar-refractivity contribution is 0.823. The van der Waals surface area contributed by atoms with Crippen LogP contribution in [0.4, 0.5) is 0 Å². The van der Waals surface area contributed by atoms with Crippen LogP contribution in [-0.2, 0) is 0 Å². The van der Waals surface area contributed by atoms with Crippen LogP contribution in [0.25, 0.3) is 5.65 Å². The van der Waals surface area contributed by atoms with E-state index in [1.165, 1.54) is 4.52 Å². The van der Waals surface area contributed by atoms with Crippen LogP contribution < -0.4 is 0 Å². The lowest BCUT2D eigenvalue weighted by Crippen LogP contribution is -1.86. The number of halogens is 2. The molecule has 0 atom stereocenters. The quantitative estimate of drug-likeness (QED) is 0.629. The minimum absolute atomic E-state index is 0.447. The van der Waals surface area contributed by atoms with Crippen molar-refractivity contribution >= 4 is 28.8 Å². The van der Waals surface area contributed by atoms with Crippen molar-refractivity contribution in [3.8, 4) is 0 Å². The van der Waals surface area contributed by atoms with Crippen molar-refractivity contribution in [2.75, 3.05) is 0 Å². The van der Waals surface area contributed by atoms with Crippen molar-refractivity contribution in [1.82, 2.24) is 20.0 Å². The molecule has 0 aromatic carbocycles. The normalized spacial score (nSPS) is 10.7. The highest BCUT2D eigenvalue weighted by atomic mass is 35.5. The second-order valence-electron chi connectivity index (χ2n) is 1.95. The lowest BCUT2D eigenvalue weighted by Gasteiger charge is -1.92. The zero-order chi connectivity index (χ0) is 7.84. The van der Waals surface area contributed by atoms with Gasteiger partial charge < -0.3 is 0 Å². The molecule has 56 valence electrons. The third-order valence-corrected chi connectivity index (χ3v) is 1.70. The van der Waals surface area contributed by atoms with E-state index in [-0.39, 0.29) is 0 Å². The Kier molecular flexibility index (Phi) is 1.44. The van der Waals surface area contributed by atoms with Gasteiger partial charge in [-0.25, -0.2) is 0 Å². The predicted molar refractivity (Wildman–Crippen MR) is 40.8 cm³/mol. The number of tetrazole rings is 1. The number of aromatic nitrogens is 4. The number of hydrogen-bond acceptors (Lipinski definition) is 3. The van der Waals surface area contributed by atoms with Crippen molar-refractivity contribution in [2.24, 2.45) is 0 Å². The van der Waals surface area contributed by atoms with Crippen molar-refractivity contribution in [1.29, 1.82) is 0 Å². The molecule has 0 fully saturated rings. The molecule has 0 unspecified atom stereocenters. The summed E-state index contributed by atoms with van der Waals surface area (Å²) in [7, 11) is 0. The van der Waals surface area contributed by atoms with E-state index in [4.69, 9.17) is 23.2 Å². The SMILES string of the molecule is Clc1cc(Cl)c2nnnn2c1. The molecule has 0 saturated carbocycles. The fourth-order valence-corrected chi connectivity index (χ4v) is 1.28. The molecule has 6 heteroatoms. The molecule has 0 bridgehead atoms. The Morgan fingerprint density at radius 3 is 3.00 bits per heavy atom. The molecular formula is C5H2Cl2N4. The Bertz CT molecular complexity index is 396. The first-order chi connectivity index (χ1) is 5.27. The summed E-state index contributed by atoms with van der Waals surface area (Å²) in [5.41, 5.74) is 0.510. The predicted octanol–water partition coefficient (Wildman–Crippen LogP) is 1.43. The molecule has 0 aliphatic rings. The molecule has 2 aromatic heterocycles. The average molecular weight is 189 g/mol. The topological polar surface area (TPSA) is 43.1 Å². The Labute approximate surface area is 71.7 Å². The molecule has 0 radical (unpaired) electrons. The van der Waals surface area contributed by atoms with Crippen LogP contribution in [0.15, 0.2) is 12.3 Å². The first kappa shape index (κ1) is 6.82. The van der Waals surface area contributed by atoms with Gasteiger partial charge in [-0.2, -0.15) is 4.52 Å². The summed E-state index contributed by atoms with van der Waals surface area (Å²) in [6.07, 6.45) is 1.59. The molecule has 4 nitrogen and oxygen atoms in total. The number of rotatable bonds is 0. The Morgan fingerprint density at radius 2 is 2.18 bits per heavy atom. The van der Waals surface area contributed by atoms with Gasteiger partial charge in [0.05, 0.1) is 16.2 Å². The highest BCUT2D eigenvalue weighted by molar-refractivity contribution is 6.36. The number of fused-ring (bicyclic) bond motifs is 1. The van der Waals surface area contributed by atoms with Gasteiger partial charge in [0.2, 0.25) is 0 Å². The second kappa shape index (κ2) is 2.32. The van der Waals surface area contributed by atoms with Gasteiger partial charge in [-0.3, -0.25) is 0 Å². The minimum atomic E-state index is 0.447. The summed E-state index contributed by atoms with van der Waals surface area (Å²) in [6, 6.07) is 1.59. The standard InChI is InChI=1S/C5H2Cl2N4/c6-3-1-4(7)5-8-9-10-11(5)2-3/h1-2H. The molecule has 2 aromatic rings. The molecule has 0 saturated heterocycles. The molecule has 11 heavy (non-hydrogen) atoms. The maximum absolute atomic E-state index is 5.76. The van der Waals surface area contributed by atoms with Gasteiger partial charge in [0.1, 0.15) is 0 Å². The Morgan fingerprint density at radius 1 is 1.36 bits per heavy atom. The smallest absolute Gasteiger partial charge is 0.197 e. The second-order valence-corrected chi connectivity index (χ2v) is 2.80. The summed E-state index contributed by atoms with van der Waals surface area (Å²) in [5.74, 6) is 0. The van der Waals surface area contributed by atoms with E-state index < -0.39 is 0 Å². The molecule has 0 N–H and O–H groups in total. The van der Waals surface area contributed by atoms with E-state index in [1.54, 1.807) is 12.3 Å². The van der Waals surface area contributed by atoms with E-state index in [9.17, 15) is 0 Å². The third kappa shape index (κ3) is 1.04. The van der Waals surface area contributed by atoms with Gasteiger partial charge in [0.25, 0.3) is 0 Å². The molecular weight excluding hydrogens is 187 g/mol. The first-order valence-electron chi connectivity index (χ1n) is 2.80. The number of nitrogens with zero attached hydrogens (tertiary/aromatic N) is 4. The third-order valence-electron chi connectivity index (χ3n) is 1.22. The fraction of sp³-hybridized carbons (Fsp3) is 0. The molecule has 2 heterocycles. The van der Waals surface area contributed by atoms with Crippen LogP contribution in [-0.4, -0.2) is 20.0 Å². The van der Waals surface area contributed by atoms with E-state index >= 15 is 0 Å². The zero-order valence-electron chi connectivity index (χ0n) is 5.20. The summed E-state index contributed by atoms with van der Waals surface area (Å²) in [5, 5.41) is 11.7. The summed E-state index contributed by atoms with van der Waals surface area (Å²) in [6.45, 7) is 0. The van der Waals surface area contributed by atoms with Gasteiger partial charge in [-0.15, -0.1) is 5.10 Å². The van der Waals surface area contributed by atoms with Crippen molar-refractivity contribution < 1.29 is 0 Å². The lowest BCUT2D eigenvalue weighted by atomic mass is 10.5. The summed E-state index contributed by atoms with van der Waals surface area (Å²) < 4.78 is 1.42. The van der Waals surface area contributed by atoms with E-state index in [0.29, 0.717) is 15.7 Å². The van der Waals surface area contributed by atoms with E-state index in [0.717, 1.165) is 0 Å². The average Bonchev–Trinajstić information content (AvgIpc) is 2.34. The number of pyridine rings is 1. The van der Waals surface area contributed by atoms with Crippen LogP contribution in [0, 0.1) is 0 Å². The highest BCUT2D eigenvalue weighted by Crippen LogP contribution is 2.18. The minimum Gasteiger partial charge on any atom is -0.198 e. The van der Waals surface area contributed by atoms with Gasteiger partial charge in [0.15, 0.2) is 5.65 Å². The van der Waals surface area contributed by atoms with Crippen LogP contribution in [0.3, 0.4) is 0 Å². The van der Waals surface area contributed by atoms with Crippen molar-refractivity contribution in [3.63, 3.8) is 0 Å². The molecule has 0 aliphatic carbocycles. The molecule has 0 amide bonds. The Hall–Kier alpha value is -0.870. The Balaban J connectivity index is 2.91. The maximum Gasteiger partial charge on any atom is 0.197 e. The van der Waals surface area contributed by atoms with Crippen molar-refractivity contribution in [3.05, 3.63) is 22.3 Å². The van der Waals surface area contributed by atoms with Crippen LogP contribution >= 0.6 is 23.2 Å². The molecule has 0 aliphatic heterocycles. The van der Waals surface area contributed by atoms with Crippen molar-refractivity contribution in [2.45, 2.75) is 0 Å². The van der Waals surface area contributed by atoms with Gasteiger partial charge in [-0.1, -0.05) is 23.2 Å². The zero-order valence-corrected chi connectivity index (χ0v) is 6.71. The summed E-state index contributed by atoms with van der Waals surface area (Å²) in [4.78, 5) is 0. The molecule has 2 rings (SSSR count). The fourth-order valence-electron chi connectivity index (χ4n) is 0.777. The van der Waals surface area contributed by atoms with E-state index in [2.05, 4.69) is 15.5 Å². The van der Waals surface area contributed by atoms with Crippen LogP contribution in [0.5, 0.6) is 0 Å². The van der Waals surface area contributed by atoms with Gasteiger partial charge in [-0.05, 0) is 16.5 Å². The number of hydrogen-bond donors (Lipinski definition) is 0. The van der Waals surface area contributed by atoms with Crippen LogP contribution in [0.1, 0.15) is 0 Å². The maximum atomic E-state index is 5.76. The van der Waals surface area contributed by atoms with Gasteiger partial charge in [0, 0.05) is 0 Å². The molecule has 0 spiro atoms. The highest BCUT2D eigenvalue weighted by Gasteiger charge is 2.02. The first-order valence-corrected chi connectivity index (χ1v) is 3.56. The van der Waals surface area contributed by atoms with Crippen LogP contribution in [0.2, 0.25) is 10.0 Å². The summed E-state index contributed by atoms with van der Waals surface area (Å²) >= 11 is 11.4. The van der Waals surface area contributed by atoms with E-state index in [1.807, 2.05) is 0 Å². The monoisotopic (exact) mass is 188 g/mol. The van der Waals surface area contributed by atoms with Gasteiger partial charge >= 0.3 is 0 Å².